The summed E-state index contributed by atoms with van der Waals surface area (Å²) in [6, 6.07) is 17.7. The largest absolute Gasteiger partial charge is 0.351 e. The van der Waals surface area contributed by atoms with Gasteiger partial charge in [0.1, 0.15) is 5.82 Å². The predicted molar refractivity (Wildman–Crippen MR) is 129 cm³/mol. The Hall–Kier alpha value is -3.72. The van der Waals surface area contributed by atoms with Crippen molar-refractivity contribution in [3.05, 3.63) is 94.8 Å². The minimum atomic E-state index is -3.59. The highest BCUT2D eigenvalue weighted by Crippen LogP contribution is 2.29. The molecule has 34 heavy (non-hydrogen) atoms. The number of carbonyl (C=O) groups is 2. The quantitative estimate of drug-likeness (QED) is 0.540. The van der Waals surface area contributed by atoms with Gasteiger partial charge in [-0.2, -0.15) is 0 Å². The van der Waals surface area contributed by atoms with Crippen LogP contribution in [-0.2, 0) is 16.4 Å². The summed E-state index contributed by atoms with van der Waals surface area (Å²) in [5, 5.41) is 5.25. The second-order valence-electron chi connectivity index (χ2n) is 7.99. The van der Waals surface area contributed by atoms with E-state index in [-0.39, 0.29) is 23.4 Å². The number of anilines is 2. The first-order valence-electron chi connectivity index (χ1n) is 10.8. The zero-order valence-corrected chi connectivity index (χ0v) is 19.4. The smallest absolute Gasteiger partial charge is 0.258 e. The Morgan fingerprint density at radius 3 is 2.53 bits per heavy atom. The summed E-state index contributed by atoms with van der Waals surface area (Å²) < 4.78 is 40.9. The number of benzene rings is 3. The van der Waals surface area contributed by atoms with Crippen molar-refractivity contribution in [1.82, 2.24) is 5.32 Å². The van der Waals surface area contributed by atoms with Crippen LogP contribution in [0.2, 0.25) is 0 Å². The van der Waals surface area contributed by atoms with Gasteiger partial charge in [-0.3, -0.25) is 13.9 Å². The van der Waals surface area contributed by atoms with Crippen molar-refractivity contribution in [1.29, 1.82) is 0 Å². The molecule has 4 rings (SSSR count). The van der Waals surface area contributed by atoms with Gasteiger partial charge in [0.05, 0.1) is 17.0 Å². The molecule has 9 heteroatoms. The monoisotopic (exact) mass is 481 g/mol. The maximum atomic E-state index is 13.9. The number of rotatable bonds is 7. The molecular formula is C25H24FN3O4S. The SMILES string of the molecule is Cc1ccc(C(=O)NCCS(=O)(=O)N2CCc3ccccc32)cc1NC(=O)c1ccccc1F. The molecule has 0 saturated carbocycles. The van der Waals surface area contributed by atoms with Crippen LogP contribution in [0.15, 0.2) is 66.7 Å². The third-order valence-electron chi connectivity index (χ3n) is 5.69. The Kier molecular flexibility index (Phi) is 6.65. The molecule has 2 amide bonds. The molecule has 0 bridgehead atoms. The van der Waals surface area contributed by atoms with Gasteiger partial charge in [-0.15, -0.1) is 0 Å². The van der Waals surface area contributed by atoms with Gasteiger partial charge in [0.25, 0.3) is 11.8 Å². The van der Waals surface area contributed by atoms with Gasteiger partial charge in [-0.25, -0.2) is 12.8 Å². The van der Waals surface area contributed by atoms with Gasteiger partial charge < -0.3 is 10.6 Å². The first-order valence-corrected chi connectivity index (χ1v) is 12.4. The van der Waals surface area contributed by atoms with E-state index in [2.05, 4.69) is 10.6 Å². The summed E-state index contributed by atoms with van der Waals surface area (Å²) in [6.45, 7) is 2.07. The number of para-hydroxylation sites is 1. The lowest BCUT2D eigenvalue weighted by Crippen LogP contribution is -2.37. The third kappa shape index (κ3) is 4.94. The summed E-state index contributed by atoms with van der Waals surface area (Å²) in [5.41, 5.74) is 2.87. The number of hydrogen-bond acceptors (Lipinski definition) is 4. The molecule has 7 nitrogen and oxygen atoms in total. The summed E-state index contributed by atoms with van der Waals surface area (Å²) in [6.07, 6.45) is 0.659. The fraction of sp³-hybridized carbons (Fsp3) is 0.200. The van der Waals surface area contributed by atoms with Crippen molar-refractivity contribution in [3.63, 3.8) is 0 Å². The highest BCUT2D eigenvalue weighted by atomic mass is 32.2. The van der Waals surface area contributed by atoms with Gasteiger partial charge in [-0.1, -0.05) is 36.4 Å². The number of nitrogens with one attached hydrogen (secondary N) is 2. The second-order valence-corrected chi connectivity index (χ2v) is 10.00. The summed E-state index contributed by atoms with van der Waals surface area (Å²) >= 11 is 0. The Labute approximate surface area is 197 Å². The zero-order valence-electron chi connectivity index (χ0n) is 18.5. The predicted octanol–water partition coefficient (Wildman–Crippen LogP) is 3.51. The lowest BCUT2D eigenvalue weighted by atomic mass is 10.1. The van der Waals surface area contributed by atoms with E-state index in [0.29, 0.717) is 29.9 Å². The number of sulfonamides is 1. The molecule has 3 aromatic carbocycles. The first-order chi connectivity index (χ1) is 16.3. The van der Waals surface area contributed by atoms with E-state index in [4.69, 9.17) is 0 Å². The normalized spacial score (nSPS) is 12.8. The fourth-order valence-electron chi connectivity index (χ4n) is 3.84. The standard InChI is InChI=1S/C25H24FN3O4S/c1-17-10-11-19(16-22(17)28-25(31)20-7-3-4-8-21(20)26)24(30)27-13-15-34(32,33)29-14-12-18-6-2-5-9-23(18)29/h2-11,16H,12-15H2,1H3,(H,27,30)(H,28,31). The number of halogens is 1. The summed E-state index contributed by atoms with van der Waals surface area (Å²) in [4.78, 5) is 25.1. The zero-order chi connectivity index (χ0) is 24.3. The van der Waals surface area contributed by atoms with Crippen LogP contribution in [0.4, 0.5) is 15.8 Å². The molecule has 0 radical (unpaired) electrons. The average molecular weight is 482 g/mol. The Morgan fingerprint density at radius 1 is 1.00 bits per heavy atom. The molecule has 176 valence electrons. The Bertz CT molecular complexity index is 1360. The molecule has 1 aliphatic heterocycles. The molecule has 0 unspecified atom stereocenters. The molecule has 0 aromatic heterocycles. The number of aryl methyl sites for hydroxylation is 1. The third-order valence-corrected chi connectivity index (χ3v) is 7.46. The van der Waals surface area contributed by atoms with Gasteiger partial charge in [0, 0.05) is 24.3 Å². The minimum Gasteiger partial charge on any atom is -0.351 e. The number of hydrogen-bond donors (Lipinski definition) is 2. The van der Waals surface area contributed by atoms with E-state index in [1.807, 2.05) is 12.1 Å². The number of fused-ring (bicyclic) bond motifs is 1. The molecule has 0 spiro atoms. The highest BCUT2D eigenvalue weighted by molar-refractivity contribution is 7.92. The van der Waals surface area contributed by atoms with E-state index in [0.717, 1.165) is 5.56 Å². The molecule has 2 N–H and O–H groups in total. The van der Waals surface area contributed by atoms with Crippen LogP contribution in [0.3, 0.4) is 0 Å². The topological polar surface area (TPSA) is 95.6 Å². The molecule has 1 heterocycles. The first kappa shape index (κ1) is 23.4. The van der Waals surface area contributed by atoms with E-state index < -0.39 is 27.7 Å². The molecule has 0 aliphatic carbocycles. The Morgan fingerprint density at radius 2 is 1.74 bits per heavy atom. The molecule has 3 aromatic rings. The van der Waals surface area contributed by atoms with Crippen LogP contribution in [0.5, 0.6) is 0 Å². The second kappa shape index (κ2) is 9.64. The molecule has 0 fully saturated rings. The van der Waals surface area contributed by atoms with Gasteiger partial charge in [0.15, 0.2) is 0 Å². The number of amides is 2. The van der Waals surface area contributed by atoms with Crippen LogP contribution < -0.4 is 14.9 Å². The summed E-state index contributed by atoms with van der Waals surface area (Å²) in [5.74, 6) is -1.99. The lowest BCUT2D eigenvalue weighted by molar-refractivity contribution is 0.0954. The minimum absolute atomic E-state index is 0.0649. The lowest BCUT2D eigenvalue weighted by Gasteiger charge is -2.19. The van der Waals surface area contributed by atoms with Crippen molar-refractivity contribution in [2.45, 2.75) is 13.3 Å². The van der Waals surface area contributed by atoms with E-state index in [1.165, 1.54) is 28.6 Å². The van der Waals surface area contributed by atoms with E-state index in [1.54, 1.807) is 37.3 Å². The van der Waals surface area contributed by atoms with Crippen molar-refractivity contribution in [3.8, 4) is 0 Å². The van der Waals surface area contributed by atoms with Crippen molar-refractivity contribution < 1.29 is 22.4 Å². The highest BCUT2D eigenvalue weighted by Gasteiger charge is 2.28. The van der Waals surface area contributed by atoms with Crippen molar-refractivity contribution in [2.75, 3.05) is 28.5 Å². The van der Waals surface area contributed by atoms with Gasteiger partial charge in [0.2, 0.25) is 10.0 Å². The fourth-order valence-corrected chi connectivity index (χ4v) is 5.26. The van der Waals surface area contributed by atoms with Crippen molar-refractivity contribution >= 4 is 33.2 Å². The molecule has 0 atom stereocenters. The van der Waals surface area contributed by atoms with Gasteiger partial charge in [-0.05, 0) is 54.8 Å². The van der Waals surface area contributed by atoms with Gasteiger partial charge >= 0.3 is 0 Å². The van der Waals surface area contributed by atoms with E-state index in [9.17, 15) is 22.4 Å². The van der Waals surface area contributed by atoms with Crippen LogP contribution >= 0.6 is 0 Å². The maximum absolute atomic E-state index is 13.9. The molecule has 0 saturated heterocycles. The average Bonchev–Trinajstić information content (AvgIpc) is 3.26. The van der Waals surface area contributed by atoms with E-state index >= 15 is 0 Å². The number of carbonyl (C=O) groups excluding carboxylic acids is 2. The van der Waals surface area contributed by atoms with Crippen LogP contribution in [-0.4, -0.2) is 39.1 Å². The van der Waals surface area contributed by atoms with Crippen LogP contribution in [0, 0.1) is 12.7 Å². The van der Waals surface area contributed by atoms with Crippen LogP contribution in [0.25, 0.3) is 0 Å². The van der Waals surface area contributed by atoms with Crippen LogP contribution in [0.1, 0.15) is 31.8 Å². The maximum Gasteiger partial charge on any atom is 0.258 e. The summed E-state index contributed by atoms with van der Waals surface area (Å²) in [7, 11) is -3.59. The Balaban J connectivity index is 1.39. The molecular weight excluding hydrogens is 457 g/mol. The number of nitrogens with zero attached hydrogens (tertiary/aromatic N) is 1. The molecule has 1 aliphatic rings. The van der Waals surface area contributed by atoms with Crippen molar-refractivity contribution in [2.24, 2.45) is 0 Å².